The molecular weight excluding hydrogens is 224 g/mol. The van der Waals surface area contributed by atoms with E-state index in [1.165, 1.54) is 64.0 Å². The molecule has 104 valence electrons. The summed E-state index contributed by atoms with van der Waals surface area (Å²) in [5.41, 5.74) is 0. The standard InChI is InChI=1S/C15H28N2O/c1-2-16-15(18)17-14-12-10-8-6-4-3-5-7-9-11-13-14/h2,14H,1,3-13H2,(H2,16,17,18). The van der Waals surface area contributed by atoms with Crippen molar-refractivity contribution in [1.29, 1.82) is 0 Å². The molecule has 1 aliphatic carbocycles. The van der Waals surface area contributed by atoms with Crippen LogP contribution in [-0.4, -0.2) is 12.1 Å². The minimum absolute atomic E-state index is 0.109. The zero-order valence-corrected chi connectivity index (χ0v) is 11.5. The molecular formula is C15H28N2O. The van der Waals surface area contributed by atoms with Gasteiger partial charge in [0.25, 0.3) is 0 Å². The second kappa shape index (κ2) is 9.98. The van der Waals surface area contributed by atoms with Gasteiger partial charge in [0.15, 0.2) is 0 Å². The molecule has 0 aromatic carbocycles. The van der Waals surface area contributed by atoms with E-state index in [9.17, 15) is 4.79 Å². The third-order valence-electron chi connectivity index (χ3n) is 3.67. The molecule has 1 saturated carbocycles. The van der Waals surface area contributed by atoms with Crippen LogP contribution in [0.3, 0.4) is 0 Å². The maximum atomic E-state index is 11.5. The Bertz CT molecular complexity index is 229. The Kier molecular flexibility index (Phi) is 8.36. The van der Waals surface area contributed by atoms with E-state index in [4.69, 9.17) is 0 Å². The van der Waals surface area contributed by atoms with Gasteiger partial charge in [0, 0.05) is 6.04 Å². The average molecular weight is 252 g/mol. The molecule has 18 heavy (non-hydrogen) atoms. The van der Waals surface area contributed by atoms with Crippen LogP contribution in [0.5, 0.6) is 0 Å². The van der Waals surface area contributed by atoms with E-state index in [0.29, 0.717) is 6.04 Å². The predicted molar refractivity (Wildman–Crippen MR) is 76.4 cm³/mol. The number of amides is 2. The molecule has 3 nitrogen and oxygen atoms in total. The minimum atomic E-state index is -0.109. The molecule has 3 heteroatoms. The maximum absolute atomic E-state index is 11.5. The number of carbonyl (C=O) groups is 1. The molecule has 0 spiro atoms. The van der Waals surface area contributed by atoms with Crippen LogP contribution < -0.4 is 10.6 Å². The van der Waals surface area contributed by atoms with Crippen LogP contribution in [0.1, 0.15) is 70.6 Å². The molecule has 0 atom stereocenters. The quantitative estimate of drug-likeness (QED) is 0.763. The van der Waals surface area contributed by atoms with E-state index in [1.807, 2.05) is 0 Å². The van der Waals surface area contributed by atoms with Crippen LogP contribution >= 0.6 is 0 Å². The van der Waals surface area contributed by atoms with Gasteiger partial charge in [-0.3, -0.25) is 0 Å². The summed E-state index contributed by atoms with van der Waals surface area (Å²) in [4.78, 5) is 11.5. The highest BCUT2D eigenvalue weighted by Crippen LogP contribution is 2.16. The molecule has 2 amide bonds. The van der Waals surface area contributed by atoms with Crippen molar-refractivity contribution in [3.8, 4) is 0 Å². The Balaban J connectivity index is 2.31. The topological polar surface area (TPSA) is 41.1 Å². The highest BCUT2D eigenvalue weighted by atomic mass is 16.2. The summed E-state index contributed by atoms with van der Waals surface area (Å²) < 4.78 is 0. The van der Waals surface area contributed by atoms with Crippen LogP contribution in [0.4, 0.5) is 4.79 Å². The first kappa shape index (κ1) is 15.1. The molecule has 0 aromatic rings. The van der Waals surface area contributed by atoms with Crippen molar-refractivity contribution in [2.24, 2.45) is 0 Å². The summed E-state index contributed by atoms with van der Waals surface area (Å²) in [6.07, 6.45) is 15.6. The smallest absolute Gasteiger partial charge is 0.318 e. The number of hydrogen-bond donors (Lipinski definition) is 2. The Hall–Kier alpha value is -0.990. The second-order valence-electron chi connectivity index (χ2n) is 5.28. The van der Waals surface area contributed by atoms with Crippen molar-refractivity contribution in [2.75, 3.05) is 0 Å². The molecule has 0 aliphatic heterocycles. The fourth-order valence-electron chi connectivity index (χ4n) is 2.63. The van der Waals surface area contributed by atoms with E-state index in [1.54, 1.807) is 0 Å². The summed E-state index contributed by atoms with van der Waals surface area (Å²) in [5.74, 6) is 0. The summed E-state index contributed by atoms with van der Waals surface area (Å²) >= 11 is 0. The van der Waals surface area contributed by atoms with Crippen LogP contribution in [0, 0.1) is 0 Å². The van der Waals surface area contributed by atoms with E-state index in [-0.39, 0.29) is 6.03 Å². The minimum Gasteiger partial charge on any atom is -0.335 e. The van der Waals surface area contributed by atoms with Gasteiger partial charge in [-0.2, -0.15) is 0 Å². The molecule has 0 aromatic heterocycles. The number of nitrogens with one attached hydrogen (secondary N) is 2. The van der Waals surface area contributed by atoms with Gasteiger partial charge in [-0.15, -0.1) is 0 Å². The van der Waals surface area contributed by atoms with Gasteiger partial charge < -0.3 is 10.6 Å². The molecule has 1 rings (SSSR count). The zero-order chi connectivity index (χ0) is 13.1. The molecule has 0 saturated heterocycles. The van der Waals surface area contributed by atoms with Crippen LogP contribution in [-0.2, 0) is 0 Å². The molecule has 2 N–H and O–H groups in total. The SMILES string of the molecule is C=CNC(=O)NC1CCCCCCCCCCC1. The summed E-state index contributed by atoms with van der Waals surface area (Å²) in [7, 11) is 0. The highest BCUT2D eigenvalue weighted by molar-refractivity contribution is 5.75. The molecule has 0 unspecified atom stereocenters. The van der Waals surface area contributed by atoms with Crippen LogP contribution in [0.15, 0.2) is 12.8 Å². The Morgan fingerprint density at radius 3 is 1.78 bits per heavy atom. The molecule has 0 bridgehead atoms. The molecule has 0 radical (unpaired) electrons. The van der Waals surface area contributed by atoms with Gasteiger partial charge in [-0.05, 0) is 19.0 Å². The maximum Gasteiger partial charge on any atom is 0.318 e. The Morgan fingerprint density at radius 2 is 1.33 bits per heavy atom. The van der Waals surface area contributed by atoms with Gasteiger partial charge in [-0.25, -0.2) is 4.79 Å². The highest BCUT2D eigenvalue weighted by Gasteiger charge is 2.11. The Labute approximate surface area is 111 Å². The first-order chi connectivity index (χ1) is 8.83. The fraction of sp³-hybridized carbons (Fsp3) is 0.800. The van der Waals surface area contributed by atoms with E-state index in [0.717, 1.165) is 12.8 Å². The lowest BCUT2D eigenvalue weighted by atomic mass is 9.98. The van der Waals surface area contributed by atoms with Gasteiger partial charge in [0.2, 0.25) is 0 Å². The summed E-state index contributed by atoms with van der Waals surface area (Å²) in [6.45, 7) is 3.51. The van der Waals surface area contributed by atoms with Crippen LogP contribution in [0.25, 0.3) is 0 Å². The van der Waals surface area contributed by atoms with Gasteiger partial charge in [-0.1, -0.05) is 64.4 Å². The largest absolute Gasteiger partial charge is 0.335 e. The zero-order valence-electron chi connectivity index (χ0n) is 11.5. The Morgan fingerprint density at radius 1 is 0.889 bits per heavy atom. The molecule has 1 fully saturated rings. The second-order valence-corrected chi connectivity index (χ2v) is 5.28. The lowest BCUT2D eigenvalue weighted by Gasteiger charge is -2.19. The number of carbonyl (C=O) groups excluding carboxylic acids is 1. The van der Waals surface area contributed by atoms with Gasteiger partial charge in [0.05, 0.1) is 0 Å². The lowest BCUT2D eigenvalue weighted by Crippen LogP contribution is -2.40. The van der Waals surface area contributed by atoms with Crippen LogP contribution in [0.2, 0.25) is 0 Å². The van der Waals surface area contributed by atoms with E-state index in [2.05, 4.69) is 17.2 Å². The average Bonchev–Trinajstić information content (AvgIpc) is 2.33. The summed E-state index contributed by atoms with van der Waals surface area (Å²) in [5, 5.41) is 5.64. The van der Waals surface area contributed by atoms with Crippen molar-refractivity contribution >= 4 is 6.03 Å². The first-order valence-electron chi connectivity index (χ1n) is 7.51. The lowest BCUT2D eigenvalue weighted by molar-refractivity contribution is 0.238. The monoisotopic (exact) mass is 252 g/mol. The normalized spacial score (nSPS) is 20.2. The molecule has 1 aliphatic rings. The first-order valence-corrected chi connectivity index (χ1v) is 7.51. The molecule has 0 heterocycles. The fourth-order valence-corrected chi connectivity index (χ4v) is 2.63. The third-order valence-corrected chi connectivity index (χ3v) is 3.67. The van der Waals surface area contributed by atoms with Crippen molar-refractivity contribution in [3.63, 3.8) is 0 Å². The predicted octanol–water partition coefficient (Wildman–Crippen LogP) is 4.10. The number of hydrogen-bond acceptors (Lipinski definition) is 1. The van der Waals surface area contributed by atoms with Crippen molar-refractivity contribution in [1.82, 2.24) is 10.6 Å². The van der Waals surface area contributed by atoms with E-state index < -0.39 is 0 Å². The third kappa shape index (κ3) is 7.36. The van der Waals surface area contributed by atoms with Crippen molar-refractivity contribution < 1.29 is 4.79 Å². The van der Waals surface area contributed by atoms with Gasteiger partial charge >= 0.3 is 6.03 Å². The number of rotatable bonds is 2. The summed E-state index contributed by atoms with van der Waals surface area (Å²) in [6, 6.07) is 0.228. The van der Waals surface area contributed by atoms with Crippen molar-refractivity contribution in [2.45, 2.75) is 76.7 Å². The van der Waals surface area contributed by atoms with Gasteiger partial charge in [0.1, 0.15) is 0 Å². The number of urea groups is 1. The van der Waals surface area contributed by atoms with Crippen molar-refractivity contribution in [3.05, 3.63) is 12.8 Å². The van der Waals surface area contributed by atoms with E-state index >= 15 is 0 Å².